The number of anilines is 1. The molecule has 138 valence electrons. The van der Waals surface area contributed by atoms with Crippen LogP contribution in [-0.2, 0) is 10.5 Å². The van der Waals surface area contributed by atoms with E-state index < -0.39 is 5.97 Å². The molecule has 0 spiro atoms. The highest BCUT2D eigenvalue weighted by Crippen LogP contribution is 2.26. The number of hydrogen-bond acceptors (Lipinski definition) is 5. The summed E-state index contributed by atoms with van der Waals surface area (Å²) < 4.78 is 10.4. The fraction of sp³-hybridized carbons (Fsp3) is 0.263. The van der Waals surface area contributed by atoms with Crippen LogP contribution in [-0.4, -0.2) is 37.0 Å². The maximum absolute atomic E-state index is 12.5. The van der Waals surface area contributed by atoms with Crippen LogP contribution in [0.2, 0.25) is 0 Å². The quantitative estimate of drug-likeness (QED) is 0.651. The Hall–Kier alpha value is -2.67. The van der Waals surface area contributed by atoms with Crippen molar-refractivity contribution in [3.05, 3.63) is 53.6 Å². The van der Waals surface area contributed by atoms with Gasteiger partial charge in [-0.15, -0.1) is 0 Å². The van der Waals surface area contributed by atoms with Crippen LogP contribution in [0.4, 0.5) is 5.69 Å². The average Bonchev–Trinajstić information content (AvgIpc) is 2.64. The number of methoxy groups -OCH3 is 2. The number of thioether (sulfide) groups is 1. The lowest BCUT2D eigenvalue weighted by atomic mass is 10.1. The van der Waals surface area contributed by atoms with Crippen molar-refractivity contribution in [2.75, 3.05) is 25.3 Å². The lowest BCUT2D eigenvalue weighted by Gasteiger charge is -2.11. The molecule has 0 atom stereocenters. The monoisotopic (exact) mass is 375 g/mol. The Morgan fingerprint density at radius 1 is 1.12 bits per heavy atom. The van der Waals surface area contributed by atoms with Crippen molar-refractivity contribution in [2.45, 2.75) is 12.2 Å². The smallest absolute Gasteiger partial charge is 0.304 e. The highest BCUT2D eigenvalue weighted by Gasteiger charge is 2.13. The van der Waals surface area contributed by atoms with Crippen LogP contribution in [0.25, 0.3) is 0 Å². The van der Waals surface area contributed by atoms with Gasteiger partial charge in [0.05, 0.1) is 26.2 Å². The number of carbonyl (C=O) groups is 2. The van der Waals surface area contributed by atoms with Crippen LogP contribution in [0.3, 0.4) is 0 Å². The van der Waals surface area contributed by atoms with E-state index in [0.717, 1.165) is 5.56 Å². The molecule has 2 aromatic carbocycles. The van der Waals surface area contributed by atoms with Crippen LogP contribution in [0, 0.1) is 0 Å². The van der Waals surface area contributed by atoms with Crippen molar-refractivity contribution < 1.29 is 24.2 Å². The third kappa shape index (κ3) is 5.70. The Morgan fingerprint density at radius 2 is 1.92 bits per heavy atom. The number of nitrogens with one attached hydrogen (secondary N) is 1. The topological polar surface area (TPSA) is 84.9 Å². The van der Waals surface area contributed by atoms with E-state index in [-0.39, 0.29) is 12.3 Å². The molecular formula is C19H21NO5S. The summed E-state index contributed by atoms with van der Waals surface area (Å²) in [5.41, 5.74) is 2.10. The molecule has 0 heterocycles. The van der Waals surface area contributed by atoms with E-state index in [9.17, 15) is 9.59 Å². The second-order valence-corrected chi connectivity index (χ2v) is 6.52. The Labute approximate surface area is 156 Å². The number of carbonyl (C=O) groups excluding carboxylic acids is 1. The Balaban J connectivity index is 2.03. The minimum absolute atomic E-state index is 0.137. The molecule has 7 heteroatoms. The predicted octanol–water partition coefficient (Wildman–Crippen LogP) is 3.66. The molecule has 0 aliphatic carbocycles. The van der Waals surface area contributed by atoms with Crippen LogP contribution in [0.1, 0.15) is 22.3 Å². The largest absolute Gasteiger partial charge is 0.497 e. The van der Waals surface area contributed by atoms with Gasteiger partial charge in [0, 0.05) is 23.3 Å². The third-order valence-corrected chi connectivity index (χ3v) is 4.60. The SMILES string of the molecule is COc1ccc(C(=O)Nc2cccc(CSCCC(=O)O)c2)c(OC)c1. The number of rotatable bonds is 9. The predicted molar refractivity (Wildman–Crippen MR) is 102 cm³/mol. The Kier molecular flexibility index (Phi) is 7.35. The molecule has 0 saturated carbocycles. The van der Waals surface area contributed by atoms with Crippen LogP contribution in [0.15, 0.2) is 42.5 Å². The summed E-state index contributed by atoms with van der Waals surface area (Å²) in [4.78, 5) is 23.1. The zero-order valence-corrected chi connectivity index (χ0v) is 15.5. The standard InChI is InChI=1S/C19H21NO5S/c1-24-15-6-7-16(17(11-15)25-2)19(23)20-14-5-3-4-13(10-14)12-26-9-8-18(21)22/h3-7,10-11H,8-9,12H2,1-2H3,(H,20,23)(H,21,22). The second kappa shape index (κ2) is 9.72. The molecule has 0 aliphatic heterocycles. The summed E-state index contributed by atoms with van der Waals surface area (Å²) in [7, 11) is 3.05. The fourth-order valence-corrected chi connectivity index (χ4v) is 3.15. The molecule has 0 bridgehead atoms. The van der Waals surface area contributed by atoms with E-state index >= 15 is 0 Å². The van der Waals surface area contributed by atoms with Gasteiger partial charge in [-0.1, -0.05) is 12.1 Å². The zero-order chi connectivity index (χ0) is 18.9. The van der Waals surface area contributed by atoms with E-state index in [1.165, 1.54) is 7.11 Å². The molecule has 0 fully saturated rings. The summed E-state index contributed by atoms with van der Waals surface area (Å²) in [6, 6.07) is 12.5. The van der Waals surface area contributed by atoms with Crippen LogP contribution < -0.4 is 14.8 Å². The van der Waals surface area contributed by atoms with Crippen molar-refractivity contribution in [1.82, 2.24) is 0 Å². The van der Waals surface area contributed by atoms with Crippen molar-refractivity contribution in [2.24, 2.45) is 0 Å². The average molecular weight is 375 g/mol. The maximum Gasteiger partial charge on any atom is 0.304 e. The fourth-order valence-electron chi connectivity index (χ4n) is 2.27. The minimum atomic E-state index is -0.799. The van der Waals surface area contributed by atoms with E-state index in [4.69, 9.17) is 14.6 Å². The summed E-state index contributed by atoms with van der Waals surface area (Å²) >= 11 is 1.54. The highest BCUT2D eigenvalue weighted by molar-refractivity contribution is 7.98. The second-order valence-electron chi connectivity index (χ2n) is 5.42. The summed E-state index contributed by atoms with van der Waals surface area (Å²) in [5, 5.41) is 11.5. The van der Waals surface area contributed by atoms with Crippen molar-refractivity contribution in [1.29, 1.82) is 0 Å². The summed E-state index contributed by atoms with van der Waals surface area (Å²) in [6.07, 6.45) is 0.137. The first-order valence-electron chi connectivity index (χ1n) is 7.95. The Morgan fingerprint density at radius 3 is 2.62 bits per heavy atom. The number of hydrogen-bond donors (Lipinski definition) is 2. The molecule has 1 amide bonds. The van der Waals surface area contributed by atoms with E-state index in [0.29, 0.717) is 34.3 Å². The van der Waals surface area contributed by atoms with Gasteiger partial charge < -0.3 is 19.9 Å². The van der Waals surface area contributed by atoms with Gasteiger partial charge in [-0.05, 0) is 29.8 Å². The highest BCUT2D eigenvalue weighted by atomic mass is 32.2. The third-order valence-electron chi connectivity index (χ3n) is 3.57. The number of ether oxygens (including phenoxy) is 2. The molecule has 2 aromatic rings. The normalized spacial score (nSPS) is 10.2. The van der Waals surface area contributed by atoms with Gasteiger partial charge in [-0.25, -0.2) is 0 Å². The first kappa shape index (κ1) is 19.7. The van der Waals surface area contributed by atoms with Gasteiger partial charge in [0.25, 0.3) is 5.91 Å². The lowest BCUT2D eigenvalue weighted by Crippen LogP contribution is -2.13. The Bertz CT molecular complexity index is 778. The molecule has 2 N–H and O–H groups in total. The van der Waals surface area contributed by atoms with Gasteiger partial charge in [0.2, 0.25) is 0 Å². The molecule has 0 aromatic heterocycles. The van der Waals surface area contributed by atoms with E-state index in [2.05, 4.69) is 5.32 Å². The molecule has 0 aliphatic rings. The van der Waals surface area contributed by atoms with Gasteiger partial charge >= 0.3 is 5.97 Å². The number of carboxylic acids is 1. The first-order valence-corrected chi connectivity index (χ1v) is 9.11. The lowest BCUT2D eigenvalue weighted by molar-refractivity contribution is -0.136. The maximum atomic E-state index is 12.5. The summed E-state index contributed by atoms with van der Waals surface area (Å²) in [5.74, 6) is 1.20. The van der Waals surface area contributed by atoms with Crippen LogP contribution in [0.5, 0.6) is 11.5 Å². The van der Waals surface area contributed by atoms with Gasteiger partial charge in [-0.3, -0.25) is 9.59 Å². The van der Waals surface area contributed by atoms with Crippen molar-refractivity contribution >= 4 is 29.3 Å². The van der Waals surface area contributed by atoms with Crippen molar-refractivity contribution in [3.8, 4) is 11.5 Å². The zero-order valence-electron chi connectivity index (χ0n) is 14.7. The minimum Gasteiger partial charge on any atom is -0.497 e. The molecular weight excluding hydrogens is 354 g/mol. The first-order chi connectivity index (χ1) is 12.5. The molecule has 2 rings (SSSR count). The molecule has 0 unspecified atom stereocenters. The van der Waals surface area contributed by atoms with Crippen LogP contribution >= 0.6 is 11.8 Å². The van der Waals surface area contributed by atoms with E-state index in [1.807, 2.05) is 18.2 Å². The van der Waals surface area contributed by atoms with Crippen molar-refractivity contribution in [3.63, 3.8) is 0 Å². The van der Waals surface area contributed by atoms with Gasteiger partial charge in [0.15, 0.2) is 0 Å². The number of carboxylic acid groups (broad SMARTS) is 1. The van der Waals surface area contributed by atoms with E-state index in [1.54, 1.807) is 43.1 Å². The molecule has 26 heavy (non-hydrogen) atoms. The number of aliphatic carboxylic acids is 1. The van der Waals surface area contributed by atoms with Gasteiger partial charge in [0.1, 0.15) is 11.5 Å². The summed E-state index contributed by atoms with van der Waals surface area (Å²) in [6.45, 7) is 0. The van der Waals surface area contributed by atoms with Gasteiger partial charge in [-0.2, -0.15) is 11.8 Å². The molecule has 0 radical (unpaired) electrons. The number of benzene rings is 2. The number of amides is 1. The molecule has 6 nitrogen and oxygen atoms in total. The molecule has 0 saturated heterocycles.